The fourth-order valence-electron chi connectivity index (χ4n) is 5.89. The molecular weight excluding hydrogens is 620 g/mol. The highest BCUT2D eigenvalue weighted by atomic mass is 19.1. The van der Waals surface area contributed by atoms with Gasteiger partial charge in [0.25, 0.3) is 5.91 Å². The molecule has 2 fully saturated rings. The van der Waals surface area contributed by atoms with Gasteiger partial charge in [-0.25, -0.2) is 13.8 Å². The zero-order valence-corrected chi connectivity index (χ0v) is 26.0. The largest absolute Gasteiger partial charge is 0.453 e. The Labute approximate surface area is 273 Å². The van der Waals surface area contributed by atoms with Crippen LogP contribution in [-0.4, -0.2) is 75.9 Å². The summed E-state index contributed by atoms with van der Waals surface area (Å²) in [6.45, 7) is 2.98. The molecule has 1 aliphatic carbocycles. The monoisotopic (exact) mass is 651 g/mol. The molecule has 244 valence electrons. The molecule has 5 aromatic rings. The Morgan fingerprint density at radius 3 is 2.23 bits per heavy atom. The van der Waals surface area contributed by atoms with Gasteiger partial charge in [-0.2, -0.15) is 5.10 Å². The predicted molar refractivity (Wildman–Crippen MR) is 174 cm³/mol. The van der Waals surface area contributed by atoms with Crippen molar-refractivity contribution in [1.82, 2.24) is 25.0 Å². The number of primary amides is 1. The first kappa shape index (κ1) is 30.9. The Hall–Kier alpha value is -5.69. The van der Waals surface area contributed by atoms with Gasteiger partial charge in [0.1, 0.15) is 17.0 Å². The number of pyridine rings is 1. The van der Waals surface area contributed by atoms with E-state index in [1.54, 1.807) is 18.2 Å². The fourth-order valence-corrected chi connectivity index (χ4v) is 5.89. The Balaban J connectivity index is 1.17. The average molecular weight is 652 g/mol. The van der Waals surface area contributed by atoms with Gasteiger partial charge in [0.2, 0.25) is 11.8 Å². The summed E-state index contributed by atoms with van der Waals surface area (Å²) in [6, 6.07) is 17.7. The summed E-state index contributed by atoms with van der Waals surface area (Å²) >= 11 is 0. The summed E-state index contributed by atoms with van der Waals surface area (Å²) in [7, 11) is 2.03. The number of carbonyl (C=O) groups is 3. The van der Waals surface area contributed by atoms with E-state index in [1.807, 2.05) is 24.1 Å². The number of piperazine rings is 1. The van der Waals surface area contributed by atoms with Crippen LogP contribution in [0.15, 0.2) is 79.0 Å². The number of anilines is 2. The van der Waals surface area contributed by atoms with Crippen LogP contribution in [0.2, 0.25) is 0 Å². The average Bonchev–Trinajstić information content (AvgIpc) is 3.80. The molecule has 0 radical (unpaired) electrons. The van der Waals surface area contributed by atoms with Gasteiger partial charge in [0.05, 0.1) is 16.8 Å². The minimum Gasteiger partial charge on any atom is -0.453 e. The second-order valence-electron chi connectivity index (χ2n) is 12.1. The summed E-state index contributed by atoms with van der Waals surface area (Å²) in [5.41, 5.74) is 6.71. The number of aromatic nitrogens is 3. The third-order valence-corrected chi connectivity index (χ3v) is 8.94. The molecule has 0 spiro atoms. The molecule has 48 heavy (non-hydrogen) atoms. The number of likely N-dealkylation sites (N-methyl/N-ethyl adjacent to an activating group) is 1. The van der Waals surface area contributed by atoms with Gasteiger partial charge in [-0.15, -0.1) is 0 Å². The van der Waals surface area contributed by atoms with E-state index in [0.29, 0.717) is 35.4 Å². The van der Waals surface area contributed by atoms with Crippen molar-refractivity contribution in [3.63, 3.8) is 0 Å². The van der Waals surface area contributed by atoms with Crippen LogP contribution in [0, 0.1) is 17.0 Å². The second kappa shape index (κ2) is 12.2. The first-order chi connectivity index (χ1) is 23.1. The van der Waals surface area contributed by atoms with Crippen molar-refractivity contribution in [2.45, 2.75) is 12.8 Å². The van der Waals surface area contributed by atoms with Gasteiger partial charge in [0, 0.05) is 55.3 Å². The number of H-pyrrole nitrogens is 1. The molecule has 3 N–H and O–H groups in total. The molecule has 0 bridgehead atoms. The van der Waals surface area contributed by atoms with Crippen molar-refractivity contribution in [2.24, 2.45) is 11.1 Å². The molecule has 13 heteroatoms. The predicted octanol–water partition coefficient (Wildman–Crippen LogP) is 5.01. The summed E-state index contributed by atoms with van der Waals surface area (Å²) in [6.07, 6.45) is 2.02. The van der Waals surface area contributed by atoms with E-state index in [1.165, 1.54) is 47.5 Å². The third kappa shape index (κ3) is 5.62. The number of fused-ring (bicyclic) bond motifs is 1. The van der Waals surface area contributed by atoms with Gasteiger partial charge >= 0.3 is 0 Å². The summed E-state index contributed by atoms with van der Waals surface area (Å²) < 4.78 is 35.5. The number of hydrogen-bond acceptors (Lipinski definition) is 7. The van der Waals surface area contributed by atoms with Crippen molar-refractivity contribution in [2.75, 3.05) is 38.1 Å². The highest BCUT2D eigenvalue weighted by Gasteiger charge is 2.57. The van der Waals surface area contributed by atoms with Gasteiger partial charge in [0.15, 0.2) is 17.2 Å². The lowest BCUT2D eigenvalue weighted by molar-refractivity contribution is -0.133. The van der Waals surface area contributed by atoms with Crippen molar-refractivity contribution < 1.29 is 27.9 Å². The van der Waals surface area contributed by atoms with Crippen molar-refractivity contribution in [3.05, 3.63) is 96.2 Å². The number of carbonyl (C=O) groups excluding carboxylic acids is 3. The minimum atomic E-state index is -1.41. The summed E-state index contributed by atoms with van der Waals surface area (Å²) in [5.74, 6) is -2.61. The summed E-state index contributed by atoms with van der Waals surface area (Å²) in [5, 5.41) is 7.78. The molecule has 2 aromatic heterocycles. The van der Waals surface area contributed by atoms with E-state index >= 15 is 4.39 Å². The molecule has 0 atom stereocenters. The molecule has 3 heterocycles. The Kier molecular flexibility index (Phi) is 7.83. The van der Waals surface area contributed by atoms with Gasteiger partial charge in [-0.1, -0.05) is 12.1 Å². The van der Waals surface area contributed by atoms with Crippen molar-refractivity contribution in [1.29, 1.82) is 0 Å². The molecule has 3 amide bonds. The fraction of sp³-hybridized carbons (Fsp3) is 0.229. The quantitative estimate of drug-likeness (QED) is 0.225. The maximum atomic E-state index is 15.8. The van der Waals surface area contributed by atoms with Crippen molar-refractivity contribution in [3.8, 4) is 22.8 Å². The zero-order chi connectivity index (χ0) is 33.6. The van der Waals surface area contributed by atoms with Crippen LogP contribution in [0.3, 0.4) is 0 Å². The van der Waals surface area contributed by atoms with Crippen molar-refractivity contribution >= 4 is 40.1 Å². The normalized spacial score (nSPS) is 15.7. The van der Waals surface area contributed by atoms with Crippen LogP contribution >= 0.6 is 0 Å². The number of rotatable bonds is 8. The SMILES string of the molecule is CN1CCN(C(=O)c2ccc(-c3[nH]nc4nccc(Oc5ccc(N(C(=O)C6(C(N)=O)CC6)c6ccc(F)cc6)cc5F)c34)cc2)CC1. The minimum absolute atomic E-state index is 0.0321. The number of amides is 3. The Morgan fingerprint density at radius 2 is 1.58 bits per heavy atom. The molecule has 7 rings (SSSR count). The van der Waals surface area contributed by atoms with E-state index < -0.39 is 28.9 Å². The number of nitrogens with one attached hydrogen (secondary N) is 1. The first-order valence-corrected chi connectivity index (χ1v) is 15.4. The molecular formula is C35H31F2N7O4. The number of halogens is 2. The molecule has 3 aromatic carbocycles. The Bertz CT molecular complexity index is 2040. The lowest BCUT2D eigenvalue weighted by Crippen LogP contribution is -2.47. The topological polar surface area (TPSA) is 138 Å². The highest BCUT2D eigenvalue weighted by molar-refractivity contribution is 6.16. The molecule has 1 aliphatic heterocycles. The van der Waals surface area contributed by atoms with E-state index in [0.717, 1.165) is 24.7 Å². The highest BCUT2D eigenvalue weighted by Crippen LogP contribution is 2.49. The maximum Gasteiger partial charge on any atom is 0.253 e. The van der Waals surface area contributed by atoms with Gasteiger partial charge in [-0.3, -0.25) is 24.4 Å². The second-order valence-corrected chi connectivity index (χ2v) is 12.1. The molecule has 11 nitrogen and oxygen atoms in total. The number of nitrogens with two attached hydrogens (primary N) is 1. The van der Waals surface area contributed by atoms with Crippen LogP contribution in [0.4, 0.5) is 20.2 Å². The lowest BCUT2D eigenvalue weighted by Gasteiger charge is -2.32. The van der Waals surface area contributed by atoms with Crippen LogP contribution < -0.4 is 15.4 Å². The van der Waals surface area contributed by atoms with Crippen LogP contribution in [0.1, 0.15) is 23.2 Å². The standard InChI is InChI=1S/C35H31F2N7O4/c1-42-16-18-43(19-17-42)32(45)22-4-2-21(3-5-22)30-29-28(12-15-39-31(29)41-40-30)48-27-11-10-25(20-26(27)37)44(24-8-6-23(36)7-9-24)34(47)35(13-14-35)33(38)46/h2-12,15,20H,13-14,16-19H2,1H3,(H2,38,46)(H,39,40,41). The Morgan fingerprint density at radius 1 is 0.896 bits per heavy atom. The van der Waals surface area contributed by atoms with Crippen LogP contribution in [-0.2, 0) is 9.59 Å². The van der Waals surface area contributed by atoms with E-state index in [4.69, 9.17) is 10.5 Å². The number of ether oxygens (including phenoxy) is 1. The van der Waals surface area contributed by atoms with Crippen LogP contribution in [0.25, 0.3) is 22.3 Å². The first-order valence-electron chi connectivity index (χ1n) is 15.4. The summed E-state index contributed by atoms with van der Waals surface area (Å²) in [4.78, 5) is 48.4. The van der Waals surface area contributed by atoms with E-state index in [-0.39, 0.29) is 41.6 Å². The molecule has 2 aliphatic rings. The van der Waals surface area contributed by atoms with E-state index in [9.17, 15) is 18.8 Å². The van der Waals surface area contributed by atoms with Gasteiger partial charge in [-0.05, 0) is 74.5 Å². The molecule has 1 saturated heterocycles. The van der Waals surface area contributed by atoms with E-state index in [2.05, 4.69) is 20.1 Å². The lowest BCUT2D eigenvalue weighted by atomic mass is 10.0. The molecule has 0 unspecified atom stereocenters. The smallest absolute Gasteiger partial charge is 0.253 e. The third-order valence-electron chi connectivity index (χ3n) is 8.94. The number of hydrogen-bond donors (Lipinski definition) is 2. The van der Waals surface area contributed by atoms with Crippen LogP contribution in [0.5, 0.6) is 11.5 Å². The number of nitrogens with zero attached hydrogens (tertiary/aromatic N) is 5. The zero-order valence-electron chi connectivity index (χ0n) is 26.0. The van der Waals surface area contributed by atoms with Gasteiger partial charge < -0.3 is 20.3 Å². The number of aromatic amines is 1. The maximum absolute atomic E-state index is 15.8. The number of benzene rings is 3. The molecule has 1 saturated carbocycles.